The summed E-state index contributed by atoms with van der Waals surface area (Å²) in [6, 6.07) is 2.56. The average molecular weight is 285 g/mol. The van der Waals surface area contributed by atoms with Crippen LogP contribution in [0.2, 0.25) is 0 Å². The summed E-state index contributed by atoms with van der Waals surface area (Å²) in [6.45, 7) is 2.40. The van der Waals surface area contributed by atoms with Gasteiger partial charge >= 0.3 is 0 Å². The van der Waals surface area contributed by atoms with Gasteiger partial charge in [0.1, 0.15) is 12.4 Å². The van der Waals surface area contributed by atoms with Crippen molar-refractivity contribution in [1.29, 1.82) is 0 Å². The third kappa shape index (κ3) is 3.54. The zero-order valence-electron chi connectivity index (χ0n) is 9.21. The van der Waals surface area contributed by atoms with Gasteiger partial charge in [-0.3, -0.25) is 0 Å². The van der Waals surface area contributed by atoms with Crippen molar-refractivity contribution in [1.82, 2.24) is 0 Å². The molecular formula is C10H11ClF2O3S. The average Bonchev–Trinajstić information content (AvgIpc) is 2.18. The molecule has 1 rings (SSSR count). The first-order chi connectivity index (χ1) is 7.73. The summed E-state index contributed by atoms with van der Waals surface area (Å²) in [5.74, 6) is 0.229. The molecule has 0 atom stereocenters. The second-order valence-corrected chi connectivity index (χ2v) is 5.99. The van der Waals surface area contributed by atoms with E-state index in [0.29, 0.717) is 11.1 Å². The van der Waals surface area contributed by atoms with E-state index in [4.69, 9.17) is 15.4 Å². The Morgan fingerprint density at radius 1 is 1.29 bits per heavy atom. The number of hydrogen-bond acceptors (Lipinski definition) is 3. The fourth-order valence-corrected chi connectivity index (χ4v) is 2.60. The fourth-order valence-electron chi connectivity index (χ4n) is 1.34. The Labute approximate surface area is 103 Å². The van der Waals surface area contributed by atoms with E-state index in [9.17, 15) is 17.2 Å². The Kier molecular flexibility index (Phi) is 4.32. The molecule has 0 N–H and O–H groups in total. The maximum absolute atomic E-state index is 12.0. The number of benzene rings is 1. The molecular weight excluding hydrogens is 274 g/mol. The van der Waals surface area contributed by atoms with Crippen LogP contribution in [0.3, 0.4) is 0 Å². The zero-order chi connectivity index (χ0) is 13.2. The Bertz CT molecular complexity index is 515. The predicted molar refractivity (Wildman–Crippen MR) is 60.5 cm³/mol. The molecule has 96 valence electrons. The lowest BCUT2D eigenvalue weighted by Crippen LogP contribution is -2.09. The van der Waals surface area contributed by atoms with Crippen LogP contribution in [0.5, 0.6) is 5.75 Å². The molecule has 0 fully saturated rings. The molecule has 7 heteroatoms. The number of ether oxygens (including phenoxy) is 1. The molecule has 0 spiro atoms. The van der Waals surface area contributed by atoms with Crippen molar-refractivity contribution in [2.24, 2.45) is 0 Å². The molecule has 0 aromatic heterocycles. The van der Waals surface area contributed by atoms with E-state index in [0.717, 1.165) is 0 Å². The minimum absolute atomic E-state index is 0.0407. The SMILES string of the molecule is Cc1c(OCC(F)F)ccc(S(=O)(=O)Cl)c1C. The predicted octanol–water partition coefficient (Wildman–Crippen LogP) is 2.87. The summed E-state index contributed by atoms with van der Waals surface area (Å²) < 4.78 is 51.2. The van der Waals surface area contributed by atoms with Crippen LogP contribution < -0.4 is 4.74 Å². The molecule has 0 aliphatic carbocycles. The smallest absolute Gasteiger partial charge is 0.272 e. The first-order valence-electron chi connectivity index (χ1n) is 4.69. The lowest BCUT2D eigenvalue weighted by atomic mass is 10.1. The highest BCUT2D eigenvalue weighted by Gasteiger charge is 2.17. The topological polar surface area (TPSA) is 43.4 Å². The fraction of sp³-hybridized carbons (Fsp3) is 0.400. The monoisotopic (exact) mass is 284 g/mol. The number of halogens is 3. The van der Waals surface area contributed by atoms with Crippen molar-refractivity contribution in [3.05, 3.63) is 23.3 Å². The third-order valence-corrected chi connectivity index (χ3v) is 3.78. The first-order valence-corrected chi connectivity index (χ1v) is 7.00. The molecule has 1 aromatic rings. The van der Waals surface area contributed by atoms with Crippen LogP contribution >= 0.6 is 10.7 Å². The molecule has 0 saturated heterocycles. The van der Waals surface area contributed by atoms with Crippen LogP contribution in [-0.2, 0) is 9.05 Å². The van der Waals surface area contributed by atoms with Crippen molar-refractivity contribution < 1.29 is 21.9 Å². The van der Waals surface area contributed by atoms with Crippen LogP contribution in [-0.4, -0.2) is 21.5 Å². The lowest BCUT2D eigenvalue weighted by molar-refractivity contribution is 0.0815. The van der Waals surface area contributed by atoms with E-state index < -0.39 is 22.1 Å². The van der Waals surface area contributed by atoms with Crippen LogP contribution in [0.1, 0.15) is 11.1 Å². The van der Waals surface area contributed by atoms with Crippen molar-refractivity contribution in [2.75, 3.05) is 6.61 Å². The molecule has 0 saturated carbocycles. The molecule has 0 unspecified atom stereocenters. The van der Waals surface area contributed by atoms with Gasteiger partial charge in [-0.1, -0.05) is 0 Å². The Morgan fingerprint density at radius 3 is 2.35 bits per heavy atom. The summed E-state index contributed by atoms with van der Waals surface area (Å²) in [6.07, 6.45) is -2.58. The van der Waals surface area contributed by atoms with Gasteiger partial charge in [-0.25, -0.2) is 17.2 Å². The van der Waals surface area contributed by atoms with Crippen molar-refractivity contribution in [3.8, 4) is 5.75 Å². The second-order valence-electron chi connectivity index (χ2n) is 3.45. The molecule has 0 aliphatic rings. The maximum atomic E-state index is 12.0. The van der Waals surface area contributed by atoms with Gasteiger partial charge in [0.2, 0.25) is 0 Å². The largest absolute Gasteiger partial charge is 0.487 e. The van der Waals surface area contributed by atoms with Crippen LogP contribution in [0.4, 0.5) is 8.78 Å². The summed E-state index contributed by atoms with van der Waals surface area (Å²) in [5.41, 5.74) is 0.874. The highest BCUT2D eigenvalue weighted by Crippen LogP contribution is 2.29. The molecule has 0 amide bonds. The van der Waals surface area contributed by atoms with E-state index in [-0.39, 0.29) is 10.6 Å². The highest BCUT2D eigenvalue weighted by molar-refractivity contribution is 8.13. The second kappa shape index (κ2) is 5.18. The van der Waals surface area contributed by atoms with Crippen LogP contribution in [0.25, 0.3) is 0 Å². The molecule has 0 aliphatic heterocycles. The minimum atomic E-state index is -3.84. The van der Waals surface area contributed by atoms with Gasteiger partial charge in [0, 0.05) is 10.7 Å². The first kappa shape index (κ1) is 14.2. The number of hydrogen-bond donors (Lipinski definition) is 0. The van der Waals surface area contributed by atoms with E-state index >= 15 is 0 Å². The van der Waals surface area contributed by atoms with Gasteiger partial charge in [-0.2, -0.15) is 0 Å². The molecule has 1 aromatic carbocycles. The highest BCUT2D eigenvalue weighted by atomic mass is 35.7. The normalized spacial score (nSPS) is 11.9. The maximum Gasteiger partial charge on any atom is 0.272 e. The Hall–Kier alpha value is -0.880. The van der Waals surface area contributed by atoms with Crippen LogP contribution in [0, 0.1) is 13.8 Å². The van der Waals surface area contributed by atoms with Gasteiger partial charge in [0.05, 0.1) is 4.90 Å². The van der Waals surface area contributed by atoms with Gasteiger partial charge in [-0.05, 0) is 37.1 Å². The molecule has 3 nitrogen and oxygen atoms in total. The molecule has 0 radical (unpaired) electrons. The van der Waals surface area contributed by atoms with Crippen molar-refractivity contribution in [2.45, 2.75) is 25.2 Å². The molecule has 0 heterocycles. The van der Waals surface area contributed by atoms with E-state index in [1.165, 1.54) is 12.1 Å². The summed E-state index contributed by atoms with van der Waals surface area (Å²) >= 11 is 0. The van der Waals surface area contributed by atoms with Crippen LogP contribution in [0.15, 0.2) is 17.0 Å². The van der Waals surface area contributed by atoms with Gasteiger partial charge < -0.3 is 4.74 Å². The van der Waals surface area contributed by atoms with Gasteiger partial charge in [0.15, 0.2) is 0 Å². The van der Waals surface area contributed by atoms with Crippen molar-refractivity contribution >= 4 is 19.7 Å². The molecule has 17 heavy (non-hydrogen) atoms. The Morgan fingerprint density at radius 2 is 1.88 bits per heavy atom. The van der Waals surface area contributed by atoms with E-state index in [2.05, 4.69) is 0 Å². The molecule has 0 bridgehead atoms. The standard InChI is InChI=1S/C10H11ClF2O3S/c1-6-7(2)9(17(11,14)15)4-3-8(6)16-5-10(12)13/h3-4,10H,5H2,1-2H3. The van der Waals surface area contributed by atoms with Gasteiger partial charge in [0.25, 0.3) is 15.5 Å². The number of alkyl halides is 2. The summed E-state index contributed by atoms with van der Waals surface area (Å²) in [7, 11) is 1.39. The summed E-state index contributed by atoms with van der Waals surface area (Å²) in [4.78, 5) is -0.0407. The van der Waals surface area contributed by atoms with Gasteiger partial charge in [-0.15, -0.1) is 0 Å². The van der Waals surface area contributed by atoms with E-state index in [1.54, 1.807) is 13.8 Å². The summed E-state index contributed by atoms with van der Waals surface area (Å²) in [5, 5.41) is 0. The lowest BCUT2D eigenvalue weighted by Gasteiger charge is -2.12. The minimum Gasteiger partial charge on any atom is -0.487 e. The van der Waals surface area contributed by atoms with E-state index in [1.807, 2.05) is 0 Å². The van der Waals surface area contributed by atoms with Crippen molar-refractivity contribution in [3.63, 3.8) is 0 Å². The quantitative estimate of drug-likeness (QED) is 0.799. The Balaban J connectivity index is 3.11. The third-order valence-electron chi connectivity index (χ3n) is 2.32. The zero-order valence-corrected chi connectivity index (χ0v) is 10.8. The number of rotatable bonds is 4.